The number of methoxy groups -OCH3 is 1. The molecule has 2 aromatic rings. The van der Waals surface area contributed by atoms with Crippen molar-refractivity contribution in [2.75, 3.05) is 7.11 Å². The first kappa shape index (κ1) is 11.1. The third kappa shape index (κ3) is 1.60. The van der Waals surface area contributed by atoms with E-state index in [2.05, 4.69) is 0 Å². The van der Waals surface area contributed by atoms with Crippen molar-refractivity contribution in [1.29, 1.82) is 0 Å². The van der Waals surface area contributed by atoms with E-state index in [1.807, 2.05) is 6.92 Å². The van der Waals surface area contributed by atoms with Crippen molar-refractivity contribution >= 4 is 11.0 Å². The average Bonchev–Trinajstić information content (AvgIpc) is 2.64. The van der Waals surface area contributed by atoms with Gasteiger partial charge in [-0.15, -0.1) is 0 Å². The predicted molar refractivity (Wildman–Crippen MR) is 59.5 cm³/mol. The maximum absolute atomic E-state index is 13.7. The van der Waals surface area contributed by atoms with E-state index in [0.717, 1.165) is 5.56 Å². The summed E-state index contributed by atoms with van der Waals surface area (Å²) in [5.74, 6) is 0.293. The van der Waals surface area contributed by atoms with Crippen molar-refractivity contribution in [2.45, 2.75) is 20.1 Å². The quantitative estimate of drug-likeness (QED) is 0.869. The van der Waals surface area contributed by atoms with Crippen LogP contribution >= 0.6 is 0 Å². The molecule has 0 aliphatic heterocycles. The molecule has 4 heteroatoms. The molecule has 2 N–H and O–H groups in total. The molecule has 16 heavy (non-hydrogen) atoms. The van der Waals surface area contributed by atoms with Crippen LogP contribution in [-0.2, 0) is 17.9 Å². The number of hydrogen-bond acceptors (Lipinski definition) is 3. The predicted octanol–water partition coefficient (Wildman–Crippen LogP) is 2.49. The van der Waals surface area contributed by atoms with E-state index < -0.39 is 0 Å². The van der Waals surface area contributed by atoms with Gasteiger partial charge in [0.15, 0.2) is 0 Å². The van der Waals surface area contributed by atoms with E-state index in [4.69, 9.17) is 14.9 Å². The third-order valence-corrected chi connectivity index (χ3v) is 2.64. The van der Waals surface area contributed by atoms with Gasteiger partial charge in [-0.2, -0.15) is 0 Å². The van der Waals surface area contributed by atoms with Gasteiger partial charge >= 0.3 is 0 Å². The zero-order chi connectivity index (χ0) is 11.7. The third-order valence-electron chi connectivity index (χ3n) is 2.64. The molecule has 0 unspecified atom stereocenters. The van der Waals surface area contributed by atoms with Crippen LogP contribution in [0.15, 0.2) is 16.5 Å². The lowest BCUT2D eigenvalue weighted by molar-refractivity contribution is 0.183. The summed E-state index contributed by atoms with van der Waals surface area (Å²) >= 11 is 0. The molecule has 0 amide bonds. The Balaban J connectivity index is 2.78. The topological polar surface area (TPSA) is 48.4 Å². The molecule has 1 aromatic carbocycles. The van der Waals surface area contributed by atoms with Crippen LogP contribution in [0.5, 0.6) is 0 Å². The fourth-order valence-electron chi connectivity index (χ4n) is 1.86. The van der Waals surface area contributed by atoms with Crippen LogP contribution in [0.3, 0.4) is 0 Å². The molecule has 0 aliphatic rings. The molecule has 0 atom stereocenters. The maximum atomic E-state index is 13.7. The van der Waals surface area contributed by atoms with Gasteiger partial charge in [0.1, 0.15) is 17.2 Å². The second-order valence-corrected chi connectivity index (χ2v) is 3.71. The Hall–Kier alpha value is -1.39. The Morgan fingerprint density at radius 3 is 2.81 bits per heavy atom. The van der Waals surface area contributed by atoms with E-state index in [0.29, 0.717) is 28.9 Å². The fraction of sp³-hybridized carbons (Fsp3) is 0.333. The van der Waals surface area contributed by atoms with Gasteiger partial charge in [0.2, 0.25) is 0 Å². The lowest BCUT2D eigenvalue weighted by atomic mass is 10.1. The molecule has 86 valence electrons. The first-order valence-corrected chi connectivity index (χ1v) is 5.07. The van der Waals surface area contributed by atoms with Crippen LogP contribution in [0.2, 0.25) is 0 Å². The number of furan rings is 1. The van der Waals surface area contributed by atoms with E-state index in [-0.39, 0.29) is 12.4 Å². The molecule has 0 radical (unpaired) electrons. The van der Waals surface area contributed by atoms with Gasteiger partial charge in [-0.25, -0.2) is 4.39 Å². The Bertz CT molecular complexity index is 519. The molecule has 3 nitrogen and oxygen atoms in total. The lowest BCUT2D eigenvalue weighted by Gasteiger charge is -2.00. The number of nitrogens with two attached hydrogens (primary N) is 1. The number of fused-ring (bicyclic) bond motifs is 1. The minimum absolute atomic E-state index is 0.242. The molecule has 0 spiro atoms. The molecule has 1 aromatic heterocycles. The van der Waals surface area contributed by atoms with Crippen molar-refractivity contribution in [3.63, 3.8) is 0 Å². The number of benzene rings is 1. The van der Waals surface area contributed by atoms with Crippen LogP contribution in [0.25, 0.3) is 11.0 Å². The number of rotatable bonds is 3. The zero-order valence-corrected chi connectivity index (χ0v) is 9.34. The summed E-state index contributed by atoms with van der Waals surface area (Å²) in [7, 11) is 1.56. The van der Waals surface area contributed by atoms with Gasteiger partial charge in [-0.3, -0.25) is 0 Å². The normalized spacial score (nSPS) is 11.2. The van der Waals surface area contributed by atoms with Crippen molar-refractivity contribution in [2.24, 2.45) is 5.73 Å². The Labute approximate surface area is 93.0 Å². The second-order valence-electron chi connectivity index (χ2n) is 3.71. The van der Waals surface area contributed by atoms with Gasteiger partial charge in [-0.05, 0) is 18.6 Å². The molecule has 2 rings (SSSR count). The second kappa shape index (κ2) is 4.23. The van der Waals surface area contributed by atoms with Crippen molar-refractivity contribution in [3.8, 4) is 0 Å². The maximum Gasteiger partial charge on any atom is 0.140 e. The SMILES string of the molecule is COCc1c(CN)oc2c(C)ccc(F)c12. The Morgan fingerprint density at radius 1 is 1.44 bits per heavy atom. The summed E-state index contributed by atoms with van der Waals surface area (Å²) in [5, 5.41) is 0.488. The van der Waals surface area contributed by atoms with Crippen LogP contribution in [-0.4, -0.2) is 7.11 Å². The van der Waals surface area contributed by atoms with Crippen molar-refractivity contribution < 1.29 is 13.5 Å². The van der Waals surface area contributed by atoms with Gasteiger partial charge in [0, 0.05) is 12.7 Å². The molecule has 0 saturated heterocycles. The molecular formula is C12H14FNO2. The van der Waals surface area contributed by atoms with Gasteiger partial charge in [0.05, 0.1) is 18.5 Å². The molecule has 0 fully saturated rings. The number of hydrogen-bond donors (Lipinski definition) is 1. The largest absolute Gasteiger partial charge is 0.459 e. The molecule has 0 saturated carbocycles. The molecular weight excluding hydrogens is 209 g/mol. The standard InChI is InChI=1S/C12H14FNO2/c1-7-3-4-9(13)11-8(6-15-2)10(5-14)16-12(7)11/h3-4H,5-6,14H2,1-2H3. The number of aryl methyl sites for hydroxylation is 1. The summed E-state index contributed by atoms with van der Waals surface area (Å²) < 4.78 is 24.4. The molecule has 0 aliphatic carbocycles. The summed E-state index contributed by atoms with van der Waals surface area (Å²) in [4.78, 5) is 0. The van der Waals surface area contributed by atoms with Crippen molar-refractivity contribution in [1.82, 2.24) is 0 Å². The van der Waals surface area contributed by atoms with Gasteiger partial charge in [-0.1, -0.05) is 6.07 Å². The van der Waals surface area contributed by atoms with E-state index in [9.17, 15) is 4.39 Å². The van der Waals surface area contributed by atoms with Crippen molar-refractivity contribution in [3.05, 3.63) is 34.8 Å². The Morgan fingerprint density at radius 2 is 2.19 bits per heavy atom. The summed E-state index contributed by atoms with van der Waals surface area (Å²) in [6.07, 6.45) is 0. The lowest BCUT2D eigenvalue weighted by Crippen LogP contribution is -1.99. The first-order chi connectivity index (χ1) is 7.69. The molecule has 0 bridgehead atoms. The highest BCUT2D eigenvalue weighted by Crippen LogP contribution is 2.30. The Kier molecular flexibility index (Phi) is 2.94. The number of ether oxygens (including phenoxy) is 1. The minimum atomic E-state index is -0.295. The first-order valence-electron chi connectivity index (χ1n) is 5.07. The van der Waals surface area contributed by atoms with E-state index in [1.54, 1.807) is 13.2 Å². The summed E-state index contributed by atoms with van der Waals surface area (Å²) in [6.45, 7) is 2.42. The number of halogens is 1. The smallest absolute Gasteiger partial charge is 0.140 e. The monoisotopic (exact) mass is 223 g/mol. The van der Waals surface area contributed by atoms with Crippen LogP contribution in [0.4, 0.5) is 4.39 Å². The van der Waals surface area contributed by atoms with Gasteiger partial charge in [0.25, 0.3) is 0 Å². The zero-order valence-electron chi connectivity index (χ0n) is 9.34. The molecule has 1 heterocycles. The average molecular weight is 223 g/mol. The highest BCUT2D eigenvalue weighted by Gasteiger charge is 2.17. The highest BCUT2D eigenvalue weighted by molar-refractivity contribution is 5.85. The van der Waals surface area contributed by atoms with E-state index in [1.165, 1.54) is 6.07 Å². The van der Waals surface area contributed by atoms with Crippen LogP contribution in [0, 0.1) is 12.7 Å². The van der Waals surface area contributed by atoms with E-state index >= 15 is 0 Å². The van der Waals surface area contributed by atoms with Crippen LogP contribution < -0.4 is 5.73 Å². The van der Waals surface area contributed by atoms with Gasteiger partial charge < -0.3 is 14.9 Å². The minimum Gasteiger partial charge on any atom is -0.459 e. The summed E-state index contributed by atoms with van der Waals surface area (Å²) in [5.41, 5.74) is 7.74. The van der Waals surface area contributed by atoms with Crippen LogP contribution in [0.1, 0.15) is 16.9 Å². The fourth-order valence-corrected chi connectivity index (χ4v) is 1.86. The highest BCUT2D eigenvalue weighted by atomic mass is 19.1. The summed E-state index contributed by atoms with van der Waals surface area (Å²) in [6, 6.07) is 3.13.